The molecule has 0 spiro atoms. The van der Waals surface area contributed by atoms with E-state index in [-0.39, 0.29) is 12.5 Å². The molecule has 0 bridgehead atoms. The van der Waals surface area contributed by atoms with Crippen molar-refractivity contribution in [1.82, 2.24) is 20.2 Å². The molecule has 0 saturated heterocycles. The summed E-state index contributed by atoms with van der Waals surface area (Å²) in [5, 5.41) is 3.96. The molecule has 0 radical (unpaired) electrons. The van der Waals surface area contributed by atoms with Crippen LogP contribution in [0.2, 0.25) is 0 Å². The van der Waals surface area contributed by atoms with E-state index in [2.05, 4.69) is 29.0 Å². The lowest BCUT2D eigenvalue weighted by Crippen LogP contribution is -2.32. The van der Waals surface area contributed by atoms with Gasteiger partial charge in [0.2, 0.25) is 5.91 Å². The zero-order valence-corrected chi connectivity index (χ0v) is 18.5. The first-order valence-electron chi connectivity index (χ1n) is 11.1. The van der Waals surface area contributed by atoms with Crippen LogP contribution in [0.5, 0.6) is 0 Å². The smallest absolute Gasteiger partial charge is 0.246 e. The van der Waals surface area contributed by atoms with Crippen molar-refractivity contribution in [3.05, 3.63) is 60.4 Å². The standard InChI is InChI=1S/C25H32N4O2/c1-3-15-29(4-2)16-5-13-27-25(30)19-31-18-20-6-8-21(9-7-20)23-11-10-22-17-26-14-12-24(22)28-23/h6-12,14,17H,3-5,13,15-16,18-19H2,1-2H3,(H,27,30). The second-order valence-corrected chi connectivity index (χ2v) is 7.59. The predicted molar refractivity (Wildman–Crippen MR) is 125 cm³/mol. The maximum absolute atomic E-state index is 12.0. The van der Waals surface area contributed by atoms with Crippen LogP contribution in [0.3, 0.4) is 0 Å². The summed E-state index contributed by atoms with van der Waals surface area (Å²) in [5.74, 6) is -0.0648. The summed E-state index contributed by atoms with van der Waals surface area (Å²) in [5.41, 5.74) is 3.92. The van der Waals surface area contributed by atoms with Gasteiger partial charge in [-0.3, -0.25) is 9.78 Å². The van der Waals surface area contributed by atoms with E-state index in [1.165, 1.54) is 0 Å². The predicted octanol–water partition coefficient (Wildman–Crippen LogP) is 4.05. The Morgan fingerprint density at radius 2 is 1.90 bits per heavy atom. The SMILES string of the molecule is CCCN(CC)CCCNC(=O)COCc1ccc(-c2ccc3cnccc3n2)cc1. The Bertz CT molecular complexity index is 959. The summed E-state index contributed by atoms with van der Waals surface area (Å²) >= 11 is 0. The van der Waals surface area contributed by atoms with E-state index in [1.807, 2.05) is 48.7 Å². The van der Waals surface area contributed by atoms with Crippen LogP contribution in [0.4, 0.5) is 0 Å². The van der Waals surface area contributed by atoms with Gasteiger partial charge in [0.15, 0.2) is 0 Å². The summed E-state index contributed by atoms with van der Waals surface area (Å²) in [6, 6.07) is 14.0. The molecule has 0 aliphatic heterocycles. The van der Waals surface area contributed by atoms with Gasteiger partial charge in [0.1, 0.15) is 6.61 Å². The molecule has 0 aliphatic carbocycles. The van der Waals surface area contributed by atoms with Gasteiger partial charge in [-0.1, -0.05) is 38.1 Å². The molecule has 0 fully saturated rings. The number of carbonyl (C=O) groups is 1. The summed E-state index contributed by atoms with van der Waals surface area (Å²) < 4.78 is 5.58. The van der Waals surface area contributed by atoms with Crippen molar-refractivity contribution in [3.63, 3.8) is 0 Å². The highest BCUT2D eigenvalue weighted by Gasteiger charge is 2.05. The number of nitrogens with one attached hydrogen (secondary N) is 1. The van der Waals surface area contributed by atoms with Gasteiger partial charge in [-0.05, 0) is 56.2 Å². The number of carbonyl (C=O) groups excluding carboxylic acids is 1. The quantitative estimate of drug-likeness (QED) is 0.448. The largest absolute Gasteiger partial charge is 0.367 e. The van der Waals surface area contributed by atoms with Crippen LogP contribution in [0.15, 0.2) is 54.9 Å². The van der Waals surface area contributed by atoms with Crippen LogP contribution in [0, 0.1) is 0 Å². The first kappa shape index (κ1) is 22.8. The van der Waals surface area contributed by atoms with Crippen LogP contribution in [-0.4, -0.2) is 53.6 Å². The van der Waals surface area contributed by atoms with Gasteiger partial charge in [0.05, 0.1) is 17.8 Å². The van der Waals surface area contributed by atoms with Gasteiger partial charge >= 0.3 is 0 Å². The summed E-state index contributed by atoms with van der Waals surface area (Å²) in [4.78, 5) is 23.2. The number of nitrogens with zero attached hydrogens (tertiary/aromatic N) is 3. The lowest BCUT2D eigenvalue weighted by atomic mass is 10.1. The van der Waals surface area contributed by atoms with Crippen LogP contribution in [0.25, 0.3) is 22.2 Å². The zero-order chi connectivity index (χ0) is 21.9. The van der Waals surface area contributed by atoms with Crippen molar-refractivity contribution in [2.24, 2.45) is 0 Å². The molecule has 6 heteroatoms. The summed E-state index contributed by atoms with van der Waals surface area (Å²) in [6.07, 6.45) is 5.68. The third-order valence-corrected chi connectivity index (χ3v) is 5.20. The molecule has 3 rings (SSSR count). The summed E-state index contributed by atoms with van der Waals surface area (Å²) in [7, 11) is 0. The number of hydrogen-bond donors (Lipinski definition) is 1. The molecular weight excluding hydrogens is 388 g/mol. The third-order valence-electron chi connectivity index (χ3n) is 5.20. The van der Waals surface area contributed by atoms with Crippen molar-refractivity contribution < 1.29 is 9.53 Å². The minimum absolute atomic E-state index is 0.0648. The lowest BCUT2D eigenvalue weighted by Gasteiger charge is -2.19. The minimum atomic E-state index is -0.0648. The number of ether oxygens (including phenoxy) is 1. The highest BCUT2D eigenvalue weighted by Crippen LogP contribution is 2.21. The number of rotatable bonds is 12. The molecular formula is C25H32N4O2. The fourth-order valence-electron chi connectivity index (χ4n) is 3.49. The van der Waals surface area contributed by atoms with Gasteiger partial charge in [0.25, 0.3) is 0 Å². The van der Waals surface area contributed by atoms with E-state index in [1.54, 1.807) is 6.20 Å². The van der Waals surface area contributed by atoms with Gasteiger partial charge in [0, 0.05) is 29.9 Å². The first-order chi connectivity index (χ1) is 15.2. The van der Waals surface area contributed by atoms with Crippen molar-refractivity contribution >= 4 is 16.8 Å². The topological polar surface area (TPSA) is 67.4 Å². The normalized spacial score (nSPS) is 11.2. The molecule has 1 amide bonds. The highest BCUT2D eigenvalue weighted by molar-refractivity contribution is 5.80. The number of aromatic nitrogens is 2. The number of pyridine rings is 2. The monoisotopic (exact) mass is 420 g/mol. The number of benzene rings is 1. The van der Waals surface area contributed by atoms with E-state index < -0.39 is 0 Å². The van der Waals surface area contributed by atoms with Crippen molar-refractivity contribution in [3.8, 4) is 11.3 Å². The van der Waals surface area contributed by atoms with Gasteiger partial charge in [-0.25, -0.2) is 4.98 Å². The van der Waals surface area contributed by atoms with Gasteiger partial charge < -0.3 is 15.0 Å². The number of amides is 1. The number of hydrogen-bond acceptors (Lipinski definition) is 5. The Labute approximate surface area is 184 Å². The molecule has 2 heterocycles. The molecule has 31 heavy (non-hydrogen) atoms. The summed E-state index contributed by atoms with van der Waals surface area (Å²) in [6.45, 7) is 8.71. The molecule has 2 aromatic heterocycles. The second-order valence-electron chi connectivity index (χ2n) is 7.59. The van der Waals surface area contributed by atoms with Crippen LogP contribution in [-0.2, 0) is 16.1 Å². The zero-order valence-electron chi connectivity index (χ0n) is 18.5. The first-order valence-corrected chi connectivity index (χ1v) is 11.1. The maximum atomic E-state index is 12.0. The molecule has 6 nitrogen and oxygen atoms in total. The Kier molecular flexibility index (Phi) is 8.94. The Morgan fingerprint density at radius 1 is 1.06 bits per heavy atom. The average molecular weight is 421 g/mol. The van der Waals surface area contributed by atoms with E-state index >= 15 is 0 Å². The molecule has 1 N–H and O–H groups in total. The fraction of sp³-hybridized carbons (Fsp3) is 0.400. The number of fused-ring (bicyclic) bond motifs is 1. The van der Waals surface area contributed by atoms with E-state index in [0.29, 0.717) is 13.2 Å². The highest BCUT2D eigenvalue weighted by atomic mass is 16.5. The molecule has 0 unspecified atom stereocenters. The molecule has 3 aromatic rings. The van der Waals surface area contributed by atoms with Gasteiger partial charge in [-0.2, -0.15) is 0 Å². The maximum Gasteiger partial charge on any atom is 0.246 e. The average Bonchev–Trinajstić information content (AvgIpc) is 2.81. The molecule has 0 atom stereocenters. The fourth-order valence-corrected chi connectivity index (χ4v) is 3.49. The van der Waals surface area contributed by atoms with E-state index in [9.17, 15) is 4.79 Å². The molecule has 1 aromatic carbocycles. The van der Waals surface area contributed by atoms with Crippen LogP contribution < -0.4 is 5.32 Å². The van der Waals surface area contributed by atoms with Crippen LogP contribution >= 0.6 is 0 Å². The Hall–Kier alpha value is -2.83. The van der Waals surface area contributed by atoms with E-state index in [0.717, 1.165) is 60.2 Å². The Balaban J connectivity index is 1.39. The van der Waals surface area contributed by atoms with Crippen molar-refractivity contribution in [2.45, 2.75) is 33.3 Å². The molecule has 164 valence electrons. The molecule has 0 saturated carbocycles. The lowest BCUT2D eigenvalue weighted by molar-refractivity contribution is -0.126. The molecule has 0 aliphatic rings. The van der Waals surface area contributed by atoms with Gasteiger partial charge in [-0.15, -0.1) is 0 Å². The Morgan fingerprint density at radius 3 is 2.68 bits per heavy atom. The van der Waals surface area contributed by atoms with Crippen molar-refractivity contribution in [1.29, 1.82) is 0 Å². The van der Waals surface area contributed by atoms with Crippen LogP contribution in [0.1, 0.15) is 32.3 Å². The second kappa shape index (κ2) is 12.1. The van der Waals surface area contributed by atoms with E-state index in [4.69, 9.17) is 9.72 Å². The minimum Gasteiger partial charge on any atom is -0.367 e. The third kappa shape index (κ3) is 7.12. The van der Waals surface area contributed by atoms with Crippen molar-refractivity contribution in [2.75, 3.05) is 32.8 Å².